The number of carbonyl (C=O) groups excluding carboxylic acids is 2. The molecule has 25 heavy (non-hydrogen) atoms. The molecule has 0 aliphatic heterocycles. The minimum atomic E-state index is -0.591. The van der Waals surface area contributed by atoms with Gasteiger partial charge in [-0.2, -0.15) is 0 Å². The number of amides is 1. The number of non-ortho nitro benzene ring substituents is 1. The summed E-state index contributed by atoms with van der Waals surface area (Å²) in [6, 6.07) is 3.61. The first-order valence-electron chi connectivity index (χ1n) is 7.40. The number of halogens is 1. The number of hydrogen-bond acceptors (Lipinski definition) is 6. The molecular formula is C16H13ClN2O5S. The number of aryl methyl sites for hydroxylation is 1. The first-order valence-corrected chi connectivity index (χ1v) is 8.60. The standard InChI is InChI=1S/C16H13ClN2O5S/c1-24-16(21)13-10-3-2-4-12(10)25-15(13)18-14(20)9-6-5-8(19(22)23)7-11(9)17/h5-7H,2-4H2,1H3,(H,18,20). The molecule has 1 aromatic carbocycles. The summed E-state index contributed by atoms with van der Waals surface area (Å²) in [5, 5.41) is 13.8. The van der Waals surface area contributed by atoms with Crippen LogP contribution in [-0.4, -0.2) is 23.9 Å². The number of nitro groups is 1. The Bertz CT molecular complexity index is 893. The summed E-state index contributed by atoms with van der Waals surface area (Å²) in [6.07, 6.45) is 2.59. The van der Waals surface area contributed by atoms with Crippen molar-refractivity contribution in [2.75, 3.05) is 12.4 Å². The lowest BCUT2D eigenvalue weighted by Gasteiger charge is -2.08. The molecule has 0 fully saturated rings. The lowest BCUT2D eigenvalue weighted by Crippen LogP contribution is -2.15. The second-order valence-electron chi connectivity index (χ2n) is 5.43. The molecule has 0 bridgehead atoms. The molecule has 0 atom stereocenters. The smallest absolute Gasteiger partial charge is 0.341 e. The molecule has 1 aromatic heterocycles. The highest BCUT2D eigenvalue weighted by Crippen LogP contribution is 2.39. The molecule has 1 aliphatic rings. The summed E-state index contributed by atoms with van der Waals surface area (Å²) in [6.45, 7) is 0. The highest BCUT2D eigenvalue weighted by Gasteiger charge is 2.28. The zero-order valence-electron chi connectivity index (χ0n) is 13.1. The second kappa shape index (κ2) is 6.81. The number of carbonyl (C=O) groups is 2. The molecule has 1 N–H and O–H groups in total. The van der Waals surface area contributed by atoms with Gasteiger partial charge in [-0.3, -0.25) is 14.9 Å². The van der Waals surface area contributed by atoms with Gasteiger partial charge in [0.25, 0.3) is 11.6 Å². The molecule has 0 radical (unpaired) electrons. The predicted molar refractivity (Wildman–Crippen MR) is 93.7 cm³/mol. The number of rotatable bonds is 4. The number of nitro benzene ring substituents is 1. The van der Waals surface area contributed by atoms with Crippen LogP contribution in [0.5, 0.6) is 0 Å². The van der Waals surface area contributed by atoms with Crippen molar-refractivity contribution in [2.24, 2.45) is 0 Å². The first-order chi connectivity index (χ1) is 11.9. The predicted octanol–water partition coefficient (Wildman–Crippen LogP) is 3.84. The second-order valence-corrected chi connectivity index (χ2v) is 6.94. The Kier molecular flexibility index (Phi) is 4.73. The van der Waals surface area contributed by atoms with Crippen LogP contribution in [-0.2, 0) is 17.6 Å². The lowest BCUT2D eigenvalue weighted by atomic mass is 10.1. The van der Waals surface area contributed by atoms with Crippen LogP contribution >= 0.6 is 22.9 Å². The van der Waals surface area contributed by atoms with Gasteiger partial charge in [0.2, 0.25) is 0 Å². The van der Waals surface area contributed by atoms with E-state index in [9.17, 15) is 19.7 Å². The van der Waals surface area contributed by atoms with Gasteiger partial charge in [-0.15, -0.1) is 11.3 Å². The first kappa shape index (κ1) is 17.4. The van der Waals surface area contributed by atoms with Gasteiger partial charge in [0.05, 0.1) is 28.2 Å². The number of methoxy groups -OCH3 is 1. The van der Waals surface area contributed by atoms with Crippen LogP contribution in [0.1, 0.15) is 37.6 Å². The maximum absolute atomic E-state index is 12.5. The fourth-order valence-electron chi connectivity index (χ4n) is 2.78. The third-order valence-corrected chi connectivity index (χ3v) is 5.47. The maximum Gasteiger partial charge on any atom is 0.341 e. The van der Waals surface area contributed by atoms with Crippen LogP contribution in [0.4, 0.5) is 10.7 Å². The van der Waals surface area contributed by atoms with Gasteiger partial charge >= 0.3 is 5.97 Å². The summed E-state index contributed by atoms with van der Waals surface area (Å²) in [4.78, 5) is 35.8. The number of hydrogen-bond donors (Lipinski definition) is 1. The minimum absolute atomic E-state index is 0.0320. The Morgan fingerprint density at radius 1 is 1.36 bits per heavy atom. The zero-order chi connectivity index (χ0) is 18.1. The van der Waals surface area contributed by atoms with Crippen molar-refractivity contribution in [3.63, 3.8) is 0 Å². The molecule has 9 heteroatoms. The summed E-state index contributed by atoms with van der Waals surface area (Å²) in [5.74, 6) is -1.03. The van der Waals surface area contributed by atoms with Crippen LogP contribution in [0.15, 0.2) is 18.2 Å². The van der Waals surface area contributed by atoms with Gasteiger partial charge < -0.3 is 10.1 Å². The van der Waals surface area contributed by atoms with Crippen molar-refractivity contribution in [2.45, 2.75) is 19.3 Å². The number of fused-ring (bicyclic) bond motifs is 1. The van der Waals surface area contributed by atoms with Crippen molar-refractivity contribution in [1.29, 1.82) is 0 Å². The topological polar surface area (TPSA) is 98.5 Å². The van der Waals surface area contributed by atoms with E-state index in [4.69, 9.17) is 16.3 Å². The van der Waals surface area contributed by atoms with Crippen LogP contribution in [0.3, 0.4) is 0 Å². The van der Waals surface area contributed by atoms with Gasteiger partial charge in [-0.25, -0.2) is 4.79 Å². The van der Waals surface area contributed by atoms with E-state index in [2.05, 4.69) is 5.32 Å². The van der Waals surface area contributed by atoms with Crippen molar-refractivity contribution in [3.05, 3.63) is 54.9 Å². The lowest BCUT2D eigenvalue weighted by molar-refractivity contribution is -0.384. The molecular weight excluding hydrogens is 368 g/mol. The normalized spacial score (nSPS) is 12.6. The van der Waals surface area contributed by atoms with E-state index in [1.807, 2.05) is 0 Å². The summed E-state index contributed by atoms with van der Waals surface area (Å²) < 4.78 is 4.83. The van der Waals surface area contributed by atoms with E-state index >= 15 is 0 Å². The van der Waals surface area contributed by atoms with Gasteiger partial charge in [-0.1, -0.05) is 11.6 Å². The van der Waals surface area contributed by atoms with Gasteiger partial charge in [0, 0.05) is 17.0 Å². The zero-order valence-corrected chi connectivity index (χ0v) is 14.7. The number of benzene rings is 1. The fourth-order valence-corrected chi connectivity index (χ4v) is 4.32. The largest absolute Gasteiger partial charge is 0.465 e. The van der Waals surface area contributed by atoms with Crippen molar-refractivity contribution in [3.8, 4) is 0 Å². The molecule has 1 amide bonds. The highest BCUT2D eigenvalue weighted by molar-refractivity contribution is 7.17. The van der Waals surface area contributed by atoms with Gasteiger partial charge in [0.15, 0.2) is 0 Å². The monoisotopic (exact) mass is 380 g/mol. The number of nitrogens with one attached hydrogen (secondary N) is 1. The van der Waals surface area contributed by atoms with E-state index in [0.717, 1.165) is 35.8 Å². The van der Waals surface area contributed by atoms with Crippen molar-refractivity contribution >= 4 is 45.5 Å². The Hall–Kier alpha value is -2.45. The molecule has 1 aliphatic carbocycles. The van der Waals surface area contributed by atoms with E-state index in [0.29, 0.717) is 10.6 Å². The van der Waals surface area contributed by atoms with Crippen molar-refractivity contribution < 1.29 is 19.2 Å². The maximum atomic E-state index is 12.5. The Balaban J connectivity index is 1.92. The number of thiophene rings is 1. The molecule has 1 heterocycles. The number of ether oxygens (including phenoxy) is 1. The average Bonchev–Trinajstić information content (AvgIpc) is 3.14. The van der Waals surface area contributed by atoms with E-state index in [1.54, 1.807) is 0 Å². The Morgan fingerprint density at radius 3 is 2.76 bits per heavy atom. The van der Waals surface area contributed by atoms with Crippen LogP contribution in [0.25, 0.3) is 0 Å². The molecule has 0 spiro atoms. The molecule has 2 aromatic rings. The fraction of sp³-hybridized carbons (Fsp3) is 0.250. The van der Waals surface area contributed by atoms with Crippen LogP contribution < -0.4 is 5.32 Å². The van der Waals surface area contributed by atoms with Crippen LogP contribution in [0, 0.1) is 10.1 Å². The Labute approximate surface area is 151 Å². The SMILES string of the molecule is COC(=O)c1c(NC(=O)c2ccc([N+](=O)[O-])cc2Cl)sc2c1CCC2. The molecule has 130 valence electrons. The minimum Gasteiger partial charge on any atom is -0.465 e. The third kappa shape index (κ3) is 3.22. The number of nitrogens with zero attached hydrogens (tertiary/aromatic N) is 1. The Morgan fingerprint density at radius 2 is 2.12 bits per heavy atom. The van der Waals surface area contributed by atoms with Crippen molar-refractivity contribution in [1.82, 2.24) is 0 Å². The number of esters is 1. The molecule has 0 saturated heterocycles. The summed E-state index contributed by atoms with van der Waals surface area (Å²) in [7, 11) is 1.29. The third-order valence-electron chi connectivity index (χ3n) is 3.95. The van der Waals surface area contributed by atoms with Gasteiger partial charge in [0.1, 0.15) is 5.00 Å². The highest BCUT2D eigenvalue weighted by atomic mass is 35.5. The molecule has 0 saturated carbocycles. The summed E-state index contributed by atoms with van der Waals surface area (Å²) in [5.41, 5.74) is 1.19. The molecule has 3 rings (SSSR count). The van der Waals surface area contributed by atoms with E-state index < -0.39 is 16.8 Å². The van der Waals surface area contributed by atoms with E-state index in [-0.39, 0.29) is 16.3 Å². The molecule has 0 unspecified atom stereocenters. The summed E-state index contributed by atoms with van der Waals surface area (Å²) >= 11 is 7.33. The number of anilines is 1. The average molecular weight is 381 g/mol. The quantitative estimate of drug-likeness (QED) is 0.493. The van der Waals surface area contributed by atoms with E-state index in [1.165, 1.54) is 30.6 Å². The van der Waals surface area contributed by atoms with Gasteiger partial charge in [-0.05, 0) is 30.9 Å². The van der Waals surface area contributed by atoms with Crippen LogP contribution in [0.2, 0.25) is 5.02 Å². The molecule has 7 nitrogen and oxygen atoms in total.